The third kappa shape index (κ3) is 5.60. The van der Waals surface area contributed by atoms with Crippen molar-refractivity contribution >= 4 is 17.3 Å². The lowest BCUT2D eigenvalue weighted by Crippen LogP contribution is -2.38. The van der Waals surface area contributed by atoms with Crippen LogP contribution in [-0.2, 0) is 6.54 Å². The van der Waals surface area contributed by atoms with E-state index < -0.39 is 0 Å². The first-order valence-electron chi connectivity index (χ1n) is 7.89. The van der Waals surface area contributed by atoms with E-state index in [1.165, 1.54) is 10.4 Å². The number of benzene rings is 1. The number of para-hydroxylation sites is 1. The van der Waals surface area contributed by atoms with Crippen molar-refractivity contribution in [1.29, 1.82) is 0 Å². The summed E-state index contributed by atoms with van der Waals surface area (Å²) in [6.45, 7) is 6.45. The third-order valence-electron chi connectivity index (χ3n) is 3.43. The van der Waals surface area contributed by atoms with E-state index in [0.29, 0.717) is 19.1 Å². The van der Waals surface area contributed by atoms with Gasteiger partial charge in [0.25, 0.3) is 0 Å². The van der Waals surface area contributed by atoms with Crippen molar-refractivity contribution < 1.29 is 4.74 Å². The molecule has 1 heterocycles. The molecule has 0 radical (unpaired) electrons. The quantitative estimate of drug-likeness (QED) is 0.463. The van der Waals surface area contributed by atoms with Crippen molar-refractivity contribution in [2.75, 3.05) is 20.2 Å². The fourth-order valence-electron chi connectivity index (χ4n) is 2.22. The molecule has 0 saturated carbocycles. The van der Waals surface area contributed by atoms with E-state index in [1.54, 1.807) is 18.4 Å². The van der Waals surface area contributed by atoms with E-state index in [4.69, 9.17) is 4.74 Å². The lowest BCUT2D eigenvalue weighted by Gasteiger charge is -2.15. The molecule has 5 heteroatoms. The molecule has 0 amide bonds. The number of rotatable bonds is 7. The number of ether oxygens (including phenoxy) is 1. The minimum Gasteiger partial charge on any atom is -0.491 e. The van der Waals surface area contributed by atoms with E-state index >= 15 is 0 Å². The summed E-state index contributed by atoms with van der Waals surface area (Å²) in [6, 6.07) is 12.4. The van der Waals surface area contributed by atoms with Crippen LogP contribution >= 0.6 is 11.3 Å². The van der Waals surface area contributed by atoms with E-state index in [9.17, 15) is 0 Å². The number of nitrogens with zero attached hydrogens (tertiary/aromatic N) is 1. The van der Waals surface area contributed by atoms with Gasteiger partial charge in [-0.2, -0.15) is 0 Å². The van der Waals surface area contributed by atoms with Crippen molar-refractivity contribution in [3.05, 3.63) is 52.2 Å². The van der Waals surface area contributed by atoms with Crippen molar-refractivity contribution in [3.8, 4) is 5.75 Å². The molecule has 0 aliphatic heterocycles. The summed E-state index contributed by atoms with van der Waals surface area (Å²) in [5.74, 6) is 2.21. The molecule has 23 heavy (non-hydrogen) atoms. The monoisotopic (exact) mass is 331 g/mol. The Balaban J connectivity index is 1.74. The highest BCUT2D eigenvalue weighted by molar-refractivity contribution is 7.09. The topological polar surface area (TPSA) is 45.7 Å². The van der Waals surface area contributed by atoms with Crippen molar-refractivity contribution in [3.63, 3.8) is 0 Å². The summed E-state index contributed by atoms with van der Waals surface area (Å²) < 4.78 is 5.90. The molecule has 0 fully saturated rings. The zero-order valence-corrected chi connectivity index (χ0v) is 14.8. The fourth-order valence-corrected chi connectivity index (χ4v) is 2.87. The predicted octanol–water partition coefficient (Wildman–Crippen LogP) is 3.62. The maximum atomic E-state index is 5.90. The van der Waals surface area contributed by atoms with Crippen LogP contribution in [0.3, 0.4) is 0 Å². The average Bonchev–Trinajstić information content (AvgIpc) is 3.08. The van der Waals surface area contributed by atoms with Crippen LogP contribution in [0.1, 0.15) is 30.2 Å². The van der Waals surface area contributed by atoms with Crippen molar-refractivity contribution in [2.24, 2.45) is 4.99 Å². The van der Waals surface area contributed by atoms with Gasteiger partial charge in [0.2, 0.25) is 0 Å². The Morgan fingerprint density at radius 2 is 2.00 bits per heavy atom. The van der Waals surface area contributed by atoms with Gasteiger partial charge in [-0.05, 0) is 29.0 Å². The molecule has 2 aromatic rings. The van der Waals surface area contributed by atoms with Crippen LogP contribution < -0.4 is 15.4 Å². The molecule has 0 aliphatic rings. The zero-order valence-electron chi connectivity index (χ0n) is 14.0. The van der Waals surface area contributed by atoms with Crippen LogP contribution in [0.2, 0.25) is 0 Å². The predicted molar refractivity (Wildman–Crippen MR) is 98.5 cm³/mol. The number of nitrogens with one attached hydrogen (secondary N) is 2. The Hall–Kier alpha value is -2.01. The molecule has 0 bridgehead atoms. The summed E-state index contributed by atoms with van der Waals surface area (Å²) in [5, 5.41) is 8.64. The highest BCUT2D eigenvalue weighted by Gasteiger charge is 2.06. The first kappa shape index (κ1) is 17.3. The van der Waals surface area contributed by atoms with E-state index in [0.717, 1.165) is 18.3 Å². The van der Waals surface area contributed by atoms with Gasteiger partial charge in [-0.3, -0.25) is 4.99 Å². The van der Waals surface area contributed by atoms with Crippen LogP contribution in [0.15, 0.2) is 46.8 Å². The highest BCUT2D eigenvalue weighted by Crippen LogP contribution is 2.25. The summed E-state index contributed by atoms with van der Waals surface area (Å²) in [4.78, 5) is 5.51. The summed E-state index contributed by atoms with van der Waals surface area (Å²) >= 11 is 1.74. The van der Waals surface area contributed by atoms with Gasteiger partial charge in [0, 0.05) is 11.9 Å². The van der Waals surface area contributed by atoms with E-state index in [2.05, 4.69) is 59.1 Å². The van der Waals surface area contributed by atoms with Gasteiger partial charge in [-0.25, -0.2) is 0 Å². The number of thiophene rings is 1. The molecule has 2 rings (SSSR count). The largest absolute Gasteiger partial charge is 0.491 e. The van der Waals surface area contributed by atoms with Crippen LogP contribution in [-0.4, -0.2) is 26.2 Å². The van der Waals surface area contributed by atoms with E-state index in [-0.39, 0.29) is 0 Å². The van der Waals surface area contributed by atoms with E-state index in [1.807, 2.05) is 12.1 Å². The summed E-state index contributed by atoms with van der Waals surface area (Å²) in [7, 11) is 1.78. The molecule has 0 aliphatic carbocycles. The Kier molecular flexibility index (Phi) is 6.94. The normalized spacial score (nSPS) is 11.6. The standard InChI is InChI=1S/C18H25N3OS/c1-14(2)16-8-4-5-9-17(16)22-11-10-20-18(19-3)21-13-15-7-6-12-23-15/h4-9,12,14H,10-11,13H2,1-3H3,(H2,19,20,21). The van der Waals surface area contributed by atoms with Crippen molar-refractivity contribution in [1.82, 2.24) is 10.6 Å². The molecule has 124 valence electrons. The zero-order chi connectivity index (χ0) is 16.5. The molecule has 0 unspecified atom stereocenters. The van der Waals surface area contributed by atoms with Gasteiger partial charge in [-0.15, -0.1) is 11.3 Å². The summed E-state index contributed by atoms with van der Waals surface area (Å²) in [5.41, 5.74) is 1.24. The lowest BCUT2D eigenvalue weighted by molar-refractivity contribution is 0.317. The molecule has 0 saturated heterocycles. The second-order valence-electron chi connectivity index (χ2n) is 5.47. The minimum absolute atomic E-state index is 0.458. The second kappa shape index (κ2) is 9.20. The molecule has 4 nitrogen and oxygen atoms in total. The van der Waals surface area contributed by atoms with Crippen LogP contribution in [0.4, 0.5) is 0 Å². The maximum absolute atomic E-state index is 5.90. The average molecular weight is 331 g/mol. The number of aliphatic imine (C=N–C) groups is 1. The molecule has 1 aromatic carbocycles. The van der Waals surface area contributed by atoms with Gasteiger partial charge < -0.3 is 15.4 Å². The molecule has 0 atom stereocenters. The third-order valence-corrected chi connectivity index (χ3v) is 4.30. The Morgan fingerprint density at radius 1 is 1.17 bits per heavy atom. The highest BCUT2D eigenvalue weighted by atomic mass is 32.1. The van der Waals surface area contributed by atoms with Crippen LogP contribution in [0, 0.1) is 0 Å². The first-order chi connectivity index (χ1) is 11.2. The van der Waals surface area contributed by atoms with Gasteiger partial charge in [0.1, 0.15) is 12.4 Å². The van der Waals surface area contributed by atoms with Gasteiger partial charge in [-0.1, -0.05) is 38.1 Å². The fraction of sp³-hybridized carbons (Fsp3) is 0.389. The number of hydrogen-bond acceptors (Lipinski definition) is 3. The first-order valence-corrected chi connectivity index (χ1v) is 8.77. The molecule has 1 aromatic heterocycles. The maximum Gasteiger partial charge on any atom is 0.191 e. The van der Waals surface area contributed by atoms with Gasteiger partial charge in [0.05, 0.1) is 13.1 Å². The molecular formula is C18H25N3OS. The van der Waals surface area contributed by atoms with Gasteiger partial charge in [0.15, 0.2) is 5.96 Å². The Morgan fingerprint density at radius 3 is 2.70 bits per heavy atom. The van der Waals surface area contributed by atoms with Crippen molar-refractivity contribution in [2.45, 2.75) is 26.3 Å². The molecule has 0 spiro atoms. The van der Waals surface area contributed by atoms with Crippen LogP contribution in [0.5, 0.6) is 5.75 Å². The Bertz CT molecular complexity index is 608. The van der Waals surface area contributed by atoms with Gasteiger partial charge >= 0.3 is 0 Å². The van der Waals surface area contributed by atoms with Crippen LogP contribution in [0.25, 0.3) is 0 Å². The molecular weight excluding hydrogens is 306 g/mol. The molecule has 2 N–H and O–H groups in total. The smallest absolute Gasteiger partial charge is 0.191 e. The summed E-state index contributed by atoms with van der Waals surface area (Å²) in [6.07, 6.45) is 0. The number of hydrogen-bond donors (Lipinski definition) is 2. The minimum atomic E-state index is 0.458. The second-order valence-corrected chi connectivity index (χ2v) is 6.51. The number of guanidine groups is 1. The lowest BCUT2D eigenvalue weighted by atomic mass is 10.0. The Labute approximate surface area is 142 Å². The SMILES string of the molecule is CN=C(NCCOc1ccccc1C(C)C)NCc1cccs1.